The first kappa shape index (κ1) is 21.4. The molecule has 0 atom stereocenters. The molecule has 0 saturated heterocycles. The van der Waals surface area contributed by atoms with Crippen molar-refractivity contribution in [2.75, 3.05) is 32.1 Å². The van der Waals surface area contributed by atoms with Crippen LogP contribution < -0.4 is 5.32 Å². The summed E-state index contributed by atoms with van der Waals surface area (Å²) in [5, 5.41) is 13.2. The zero-order valence-corrected chi connectivity index (χ0v) is 17.3. The number of anilines is 1. The molecule has 0 spiro atoms. The smallest absolute Gasteiger partial charge is 0.306 e. The lowest BCUT2D eigenvalue weighted by molar-refractivity contribution is -0.141. The molecule has 0 bridgehead atoms. The Labute approximate surface area is 165 Å². The van der Waals surface area contributed by atoms with E-state index in [2.05, 4.69) is 25.2 Å². The summed E-state index contributed by atoms with van der Waals surface area (Å²) >= 11 is 1.54. The summed E-state index contributed by atoms with van der Waals surface area (Å²) in [6, 6.07) is 2.29. The molecule has 1 aliphatic carbocycles. The van der Waals surface area contributed by atoms with Gasteiger partial charge in [0.15, 0.2) is 0 Å². The summed E-state index contributed by atoms with van der Waals surface area (Å²) in [5.41, 5.74) is 1.76. The molecular weight excluding hydrogens is 362 g/mol. The normalized spacial score (nSPS) is 13.8. The Hall–Kier alpha value is -1.91. The molecule has 6 nitrogen and oxygen atoms in total. The lowest BCUT2D eigenvalue weighted by Crippen LogP contribution is -2.37. The second kappa shape index (κ2) is 10.4. The number of amides is 1. The summed E-state index contributed by atoms with van der Waals surface area (Å²) in [6.45, 7) is 5.55. The van der Waals surface area contributed by atoms with Crippen LogP contribution in [0.5, 0.6) is 0 Å². The maximum atomic E-state index is 12.6. The van der Waals surface area contributed by atoms with Crippen LogP contribution in [0.1, 0.15) is 55.5 Å². The fraction of sp³-hybridized carbons (Fsp3) is 0.650. The highest BCUT2D eigenvalue weighted by Gasteiger charge is 2.22. The van der Waals surface area contributed by atoms with Crippen molar-refractivity contribution >= 4 is 28.2 Å². The standard InChI is InChI=1S/C20H29N3O3S/c1-14(2)12-23(10-9-19(25)26-3)13-18(24)22-20-16(11-21)15-7-5-4-6-8-17(15)27-20/h14H,4-10,12-13H2,1-3H3,(H,22,24). The highest BCUT2D eigenvalue weighted by molar-refractivity contribution is 7.16. The van der Waals surface area contributed by atoms with Crippen LogP contribution in [0.15, 0.2) is 0 Å². The maximum absolute atomic E-state index is 12.6. The molecule has 1 heterocycles. The predicted molar refractivity (Wildman–Crippen MR) is 107 cm³/mol. The van der Waals surface area contributed by atoms with Gasteiger partial charge in [-0.05, 0) is 37.2 Å². The number of ether oxygens (including phenoxy) is 1. The Morgan fingerprint density at radius 1 is 1.30 bits per heavy atom. The zero-order chi connectivity index (χ0) is 19.8. The molecule has 0 aromatic carbocycles. The topological polar surface area (TPSA) is 82.4 Å². The van der Waals surface area contributed by atoms with Crippen LogP contribution in [0.2, 0.25) is 0 Å². The van der Waals surface area contributed by atoms with E-state index in [0.29, 0.717) is 23.0 Å². The lowest BCUT2D eigenvalue weighted by Gasteiger charge is -2.23. The maximum Gasteiger partial charge on any atom is 0.306 e. The first-order valence-electron chi connectivity index (χ1n) is 9.58. The van der Waals surface area contributed by atoms with E-state index < -0.39 is 0 Å². The van der Waals surface area contributed by atoms with Crippen LogP contribution in [0, 0.1) is 17.2 Å². The summed E-state index contributed by atoms with van der Waals surface area (Å²) in [5.74, 6) is -0.0470. The number of thiophene rings is 1. The van der Waals surface area contributed by atoms with E-state index in [-0.39, 0.29) is 24.8 Å². The van der Waals surface area contributed by atoms with Gasteiger partial charge in [-0.15, -0.1) is 11.3 Å². The summed E-state index contributed by atoms with van der Waals surface area (Å²) in [6.07, 6.45) is 5.60. The van der Waals surface area contributed by atoms with E-state index in [1.807, 2.05) is 4.90 Å². The molecule has 148 valence electrons. The Morgan fingerprint density at radius 2 is 2.04 bits per heavy atom. The first-order chi connectivity index (χ1) is 12.9. The van der Waals surface area contributed by atoms with Crippen LogP contribution in [0.3, 0.4) is 0 Å². The predicted octanol–water partition coefficient (Wildman–Crippen LogP) is 3.35. The highest BCUT2D eigenvalue weighted by Crippen LogP contribution is 2.36. The van der Waals surface area contributed by atoms with Crippen LogP contribution in [0.4, 0.5) is 5.00 Å². The van der Waals surface area contributed by atoms with Gasteiger partial charge in [0, 0.05) is 18.0 Å². The molecule has 1 aromatic heterocycles. The number of nitriles is 1. The third-order valence-electron chi connectivity index (χ3n) is 4.64. The average Bonchev–Trinajstić information content (AvgIpc) is 2.78. The fourth-order valence-corrected chi connectivity index (χ4v) is 4.68. The van der Waals surface area contributed by atoms with Gasteiger partial charge in [0.2, 0.25) is 5.91 Å². The number of nitrogens with one attached hydrogen (secondary N) is 1. The molecule has 1 amide bonds. The van der Waals surface area contributed by atoms with Gasteiger partial charge in [-0.25, -0.2) is 0 Å². The quantitative estimate of drug-likeness (QED) is 0.543. The van der Waals surface area contributed by atoms with Crippen molar-refractivity contribution in [1.82, 2.24) is 4.90 Å². The molecule has 0 radical (unpaired) electrons. The first-order valence-corrected chi connectivity index (χ1v) is 10.4. The van der Waals surface area contributed by atoms with Gasteiger partial charge in [-0.2, -0.15) is 5.26 Å². The van der Waals surface area contributed by atoms with Crippen LogP contribution >= 0.6 is 11.3 Å². The van der Waals surface area contributed by atoms with Gasteiger partial charge in [-0.3, -0.25) is 14.5 Å². The molecular formula is C20H29N3O3S. The minimum absolute atomic E-state index is 0.145. The summed E-state index contributed by atoms with van der Waals surface area (Å²) in [4.78, 5) is 27.2. The minimum atomic E-state index is -0.280. The van der Waals surface area contributed by atoms with Crippen LogP contribution in [0.25, 0.3) is 0 Å². The van der Waals surface area contributed by atoms with Gasteiger partial charge < -0.3 is 10.1 Å². The molecule has 0 fully saturated rings. The largest absolute Gasteiger partial charge is 0.469 e. The van der Waals surface area contributed by atoms with E-state index in [1.54, 1.807) is 11.3 Å². The number of carbonyl (C=O) groups excluding carboxylic acids is 2. The van der Waals surface area contributed by atoms with E-state index in [0.717, 1.165) is 37.8 Å². The van der Waals surface area contributed by atoms with Crippen molar-refractivity contribution in [1.29, 1.82) is 5.26 Å². The van der Waals surface area contributed by atoms with Crippen molar-refractivity contribution in [3.63, 3.8) is 0 Å². The van der Waals surface area contributed by atoms with Gasteiger partial charge in [-0.1, -0.05) is 20.3 Å². The third kappa shape index (κ3) is 6.33. The van der Waals surface area contributed by atoms with E-state index in [9.17, 15) is 14.9 Å². The number of rotatable bonds is 8. The number of hydrogen-bond donors (Lipinski definition) is 1. The number of carbonyl (C=O) groups is 2. The lowest BCUT2D eigenvalue weighted by atomic mass is 10.1. The molecule has 1 aliphatic rings. The van der Waals surface area contributed by atoms with Crippen molar-refractivity contribution < 1.29 is 14.3 Å². The molecule has 7 heteroatoms. The zero-order valence-electron chi connectivity index (χ0n) is 16.5. The number of esters is 1. The number of methoxy groups -OCH3 is 1. The van der Waals surface area contributed by atoms with Crippen LogP contribution in [-0.2, 0) is 27.2 Å². The summed E-state index contributed by atoms with van der Waals surface area (Å²) < 4.78 is 4.69. The van der Waals surface area contributed by atoms with E-state index >= 15 is 0 Å². The summed E-state index contributed by atoms with van der Waals surface area (Å²) in [7, 11) is 1.37. The van der Waals surface area contributed by atoms with E-state index in [1.165, 1.54) is 18.4 Å². The van der Waals surface area contributed by atoms with Gasteiger partial charge in [0.25, 0.3) is 0 Å². The molecule has 1 N–H and O–H groups in total. The SMILES string of the molecule is COC(=O)CCN(CC(=O)Nc1sc2c(c1C#N)CCCCC2)CC(C)C. The average molecular weight is 392 g/mol. The molecule has 0 saturated carbocycles. The Balaban J connectivity index is 2.04. The van der Waals surface area contributed by atoms with Crippen molar-refractivity contribution in [2.45, 2.75) is 52.4 Å². The van der Waals surface area contributed by atoms with Gasteiger partial charge >= 0.3 is 5.97 Å². The second-order valence-electron chi connectivity index (χ2n) is 7.38. The molecule has 27 heavy (non-hydrogen) atoms. The van der Waals surface area contributed by atoms with Crippen molar-refractivity contribution in [2.24, 2.45) is 5.92 Å². The molecule has 1 aromatic rings. The van der Waals surface area contributed by atoms with Crippen molar-refractivity contribution in [3.05, 3.63) is 16.0 Å². The fourth-order valence-electron chi connectivity index (χ4n) is 3.42. The number of hydrogen-bond acceptors (Lipinski definition) is 6. The van der Waals surface area contributed by atoms with E-state index in [4.69, 9.17) is 4.74 Å². The van der Waals surface area contributed by atoms with Gasteiger partial charge in [0.05, 0.1) is 25.6 Å². The number of aryl methyl sites for hydroxylation is 1. The van der Waals surface area contributed by atoms with Crippen LogP contribution in [-0.4, -0.2) is 43.5 Å². The number of fused-ring (bicyclic) bond motifs is 1. The Kier molecular flexibility index (Phi) is 8.26. The Morgan fingerprint density at radius 3 is 2.70 bits per heavy atom. The van der Waals surface area contributed by atoms with Gasteiger partial charge in [0.1, 0.15) is 11.1 Å². The minimum Gasteiger partial charge on any atom is -0.469 e. The molecule has 0 aliphatic heterocycles. The molecule has 0 unspecified atom stereocenters. The number of nitrogens with zero attached hydrogens (tertiary/aromatic N) is 2. The highest BCUT2D eigenvalue weighted by atomic mass is 32.1. The second-order valence-corrected chi connectivity index (χ2v) is 8.49. The third-order valence-corrected chi connectivity index (χ3v) is 5.84. The monoisotopic (exact) mass is 391 g/mol. The Bertz CT molecular complexity index is 706. The van der Waals surface area contributed by atoms with Crippen molar-refractivity contribution in [3.8, 4) is 6.07 Å². The molecule has 2 rings (SSSR count).